The topological polar surface area (TPSA) is 23.8 Å². The number of hydrogen-bond donors (Lipinski definition) is 0. The third-order valence-electron chi connectivity index (χ3n) is 2.20. The molecule has 0 radical (unpaired) electrons. The van der Waals surface area contributed by atoms with Gasteiger partial charge < -0.3 is 0 Å². The summed E-state index contributed by atoms with van der Waals surface area (Å²) in [6.07, 6.45) is 0. The van der Waals surface area contributed by atoms with Crippen molar-refractivity contribution in [1.82, 2.24) is 0 Å². The maximum absolute atomic E-state index is 8.77. The lowest BCUT2D eigenvalue weighted by atomic mass is 10.0. The van der Waals surface area contributed by atoms with Crippen LogP contribution in [0.3, 0.4) is 0 Å². The van der Waals surface area contributed by atoms with Gasteiger partial charge in [0, 0.05) is 0 Å². The molecule has 0 aliphatic carbocycles. The van der Waals surface area contributed by atoms with Crippen LogP contribution in [0.15, 0.2) is 36.4 Å². The minimum Gasteiger partial charge on any atom is -0.192 e. The lowest BCUT2D eigenvalue weighted by molar-refractivity contribution is 1.46. The molecule has 0 amide bonds. The van der Waals surface area contributed by atoms with Crippen molar-refractivity contribution in [1.29, 1.82) is 5.26 Å². The van der Waals surface area contributed by atoms with Crippen LogP contribution in [-0.2, 0) is 0 Å². The van der Waals surface area contributed by atoms with Crippen LogP contribution >= 0.6 is 0 Å². The number of hydrogen-bond acceptors (Lipinski definition) is 1. The molecule has 15 heavy (non-hydrogen) atoms. The quantitative estimate of drug-likeness (QED) is 0.625. The van der Waals surface area contributed by atoms with Crippen molar-refractivity contribution in [2.75, 3.05) is 0 Å². The fourth-order valence-corrected chi connectivity index (χ4v) is 1.57. The van der Waals surface area contributed by atoms with Gasteiger partial charge in [0.05, 0.1) is 11.6 Å². The summed E-state index contributed by atoms with van der Waals surface area (Å²) in [7, 11) is 0. The molecule has 2 aromatic rings. The van der Waals surface area contributed by atoms with Crippen molar-refractivity contribution in [2.45, 2.75) is 20.8 Å². The first-order valence-corrected chi connectivity index (χ1v) is 5.21. The van der Waals surface area contributed by atoms with Crippen molar-refractivity contribution in [3.63, 3.8) is 0 Å². The summed E-state index contributed by atoms with van der Waals surface area (Å²) in [4.78, 5) is 0. The Morgan fingerprint density at radius 3 is 2.40 bits per heavy atom. The van der Waals surface area contributed by atoms with Crippen molar-refractivity contribution < 1.29 is 0 Å². The smallest absolute Gasteiger partial charge is 0.0991 e. The largest absolute Gasteiger partial charge is 0.192 e. The number of nitrogens with zero attached hydrogens (tertiary/aromatic N) is 1. The Morgan fingerprint density at radius 1 is 1.07 bits per heavy atom. The fraction of sp³-hybridized carbons (Fsp3) is 0.214. The Morgan fingerprint density at radius 2 is 1.73 bits per heavy atom. The predicted molar refractivity (Wildman–Crippen MR) is 64.7 cm³/mol. The first-order chi connectivity index (χ1) is 7.31. The standard InChI is InChI=1S/C12H9N.C2H6/c1-9-6-10(8-13)7-11-4-2-3-5-12(9)11;1-2/h2-7H,1H3;1-2H3. The van der Waals surface area contributed by atoms with E-state index in [4.69, 9.17) is 5.26 Å². The molecule has 2 rings (SSSR count). The normalized spacial score (nSPS) is 8.93. The van der Waals surface area contributed by atoms with E-state index in [1.807, 2.05) is 51.1 Å². The summed E-state index contributed by atoms with van der Waals surface area (Å²) in [5, 5.41) is 11.1. The highest BCUT2D eigenvalue weighted by Crippen LogP contribution is 2.19. The number of nitriles is 1. The van der Waals surface area contributed by atoms with Crippen LogP contribution in [0.1, 0.15) is 25.0 Å². The molecule has 1 heteroatoms. The van der Waals surface area contributed by atoms with Gasteiger partial charge in [-0.1, -0.05) is 38.1 Å². The highest BCUT2D eigenvalue weighted by Gasteiger charge is 1.98. The molecule has 76 valence electrons. The summed E-state index contributed by atoms with van der Waals surface area (Å²) in [6.45, 7) is 6.03. The maximum Gasteiger partial charge on any atom is 0.0991 e. The van der Waals surface area contributed by atoms with Crippen LogP contribution in [0.2, 0.25) is 0 Å². The fourth-order valence-electron chi connectivity index (χ4n) is 1.57. The van der Waals surface area contributed by atoms with Gasteiger partial charge in [0.25, 0.3) is 0 Å². The first kappa shape index (κ1) is 11.3. The van der Waals surface area contributed by atoms with Crippen LogP contribution in [0.5, 0.6) is 0 Å². The van der Waals surface area contributed by atoms with E-state index in [2.05, 4.69) is 12.1 Å². The third kappa shape index (κ3) is 2.35. The van der Waals surface area contributed by atoms with Gasteiger partial charge in [0.1, 0.15) is 0 Å². The van der Waals surface area contributed by atoms with Crippen LogP contribution in [0.25, 0.3) is 10.8 Å². The van der Waals surface area contributed by atoms with E-state index in [-0.39, 0.29) is 0 Å². The number of benzene rings is 2. The second kappa shape index (κ2) is 5.17. The molecule has 0 aliphatic rings. The Labute approximate surface area is 91.0 Å². The molecule has 0 aromatic heterocycles. The molecule has 2 aromatic carbocycles. The molecule has 0 heterocycles. The Bertz CT molecular complexity index is 492. The van der Waals surface area contributed by atoms with Crippen LogP contribution in [0.4, 0.5) is 0 Å². The first-order valence-electron chi connectivity index (χ1n) is 5.21. The van der Waals surface area contributed by atoms with Crippen molar-refractivity contribution in [3.05, 3.63) is 47.5 Å². The molecule has 0 atom stereocenters. The Kier molecular flexibility index (Phi) is 3.88. The molecule has 0 spiro atoms. The van der Waals surface area contributed by atoms with Crippen molar-refractivity contribution >= 4 is 10.8 Å². The van der Waals surface area contributed by atoms with Crippen LogP contribution in [-0.4, -0.2) is 0 Å². The lowest BCUT2D eigenvalue weighted by Gasteiger charge is -2.01. The number of rotatable bonds is 0. The molecule has 0 fully saturated rings. The molecule has 0 bridgehead atoms. The van der Waals surface area contributed by atoms with E-state index in [0.29, 0.717) is 0 Å². The van der Waals surface area contributed by atoms with Gasteiger partial charge in [-0.15, -0.1) is 0 Å². The SMILES string of the molecule is CC.Cc1cc(C#N)cc2ccccc12. The van der Waals surface area contributed by atoms with E-state index < -0.39 is 0 Å². The Hall–Kier alpha value is -1.81. The lowest BCUT2D eigenvalue weighted by Crippen LogP contribution is -1.81. The van der Waals surface area contributed by atoms with Gasteiger partial charge in [-0.2, -0.15) is 5.26 Å². The average molecular weight is 197 g/mol. The zero-order chi connectivity index (χ0) is 11.3. The predicted octanol–water partition coefficient (Wildman–Crippen LogP) is 4.05. The second-order valence-electron chi connectivity index (χ2n) is 3.13. The van der Waals surface area contributed by atoms with Crippen LogP contribution < -0.4 is 0 Å². The molecule has 1 nitrogen and oxygen atoms in total. The van der Waals surface area contributed by atoms with Crippen LogP contribution in [0, 0.1) is 18.3 Å². The zero-order valence-electron chi connectivity index (χ0n) is 9.41. The average Bonchev–Trinajstić information content (AvgIpc) is 2.31. The summed E-state index contributed by atoms with van der Waals surface area (Å²) in [5.41, 5.74) is 1.89. The van der Waals surface area contributed by atoms with Gasteiger partial charge in [-0.25, -0.2) is 0 Å². The monoisotopic (exact) mass is 197 g/mol. The maximum atomic E-state index is 8.77. The Balaban J connectivity index is 0.000000531. The number of fused-ring (bicyclic) bond motifs is 1. The van der Waals surface area contributed by atoms with E-state index in [0.717, 1.165) is 16.5 Å². The highest BCUT2D eigenvalue weighted by atomic mass is 14.2. The van der Waals surface area contributed by atoms with E-state index in [1.165, 1.54) is 5.39 Å². The minimum atomic E-state index is 0.733. The summed E-state index contributed by atoms with van der Waals surface area (Å²) in [6, 6.07) is 14.1. The van der Waals surface area contributed by atoms with Crippen molar-refractivity contribution in [3.8, 4) is 6.07 Å². The van der Waals surface area contributed by atoms with Gasteiger partial charge in [-0.3, -0.25) is 0 Å². The molecular weight excluding hydrogens is 182 g/mol. The van der Waals surface area contributed by atoms with Gasteiger partial charge >= 0.3 is 0 Å². The van der Waals surface area contributed by atoms with Gasteiger partial charge in [0.15, 0.2) is 0 Å². The summed E-state index contributed by atoms with van der Waals surface area (Å²) >= 11 is 0. The van der Waals surface area contributed by atoms with E-state index in [9.17, 15) is 0 Å². The zero-order valence-corrected chi connectivity index (χ0v) is 9.41. The van der Waals surface area contributed by atoms with Crippen molar-refractivity contribution in [2.24, 2.45) is 0 Å². The molecule has 0 aliphatic heterocycles. The highest BCUT2D eigenvalue weighted by molar-refractivity contribution is 5.86. The van der Waals surface area contributed by atoms with E-state index in [1.54, 1.807) is 0 Å². The molecular formula is C14H15N. The third-order valence-corrected chi connectivity index (χ3v) is 2.20. The second-order valence-corrected chi connectivity index (χ2v) is 3.13. The molecule has 0 saturated carbocycles. The summed E-state index contributed by atoms with van der Waals surface area (Å²) in [5.74, 6) is 0. The minimum absolute atomic E-state index is 0.733. The van der Waals surface area contributed by atoms with E-state index >= 15 is 0 Å². The summed E-state index contributed by atoms with van der Waals surface area (Å²) < 4.78 is 0. The van der Waals surface area contributed by atoms with Gasteiger partial charge in [0.2, 0.25) is 0 Å². The molecule has 0 unspecified atom stereocenters. The van der Waals surface area contributed by atoms with Gasteiger partial charge in [-0.05, 0) is 35.4 Å². The molecule has 0 N–H and O–H groups in total. The molecule has 0 saturated heterocycles. The number of aryl methyl sites for hydroxylation is 1.